The van der Waals surface area contributed by atoms with E-state index in [-0.39, 0.29) is 34.3 Å². The standard InChI is InChI=1S/C17H12Cl2N2O3/c1-20-9-15(22)21(14-5-3-2-4-11(14)16(20)23)17(24)12-8-10(18)6-7-13(12)19/h2-8H,9H2,1H3. The first-order valence-corrected chi connectivity index (χ1v) is 7.82. The molecule has 0 spiro atoms. The summed E-state index contributed by atoms with van der Waals surface area (Å²) in [5.74, 6) is -1.47. The molecule has 0 N–H and O–H groups in total. The number of likely N-dealkylation sites (N-methyl/N-ethyl adjacent to an activating group) is 1. The molecule has 0 bridgehead atoms. The van der Waals surface area contributed by atoms with Crippen LogP contribution >= 0.6 is 23.2 Å². The van der Waals surface area contributed by atoms with Crippen LogP contribution in [0.15, 0.2) is 42.5 Å². The van der Waals surface area contributed by atoms with E-state index in [0.717, 1.165) is 4.90 Å². The topological polar surface area (TPSA) is 57.7 Å². The second kappa shape index (κ2) is 6.26. The molecule has 1 aliphatic rings. The molecule has 5 nitrogen and oxygen atoms in total. The van der Waals surface area contributed by atoms with Crippen LogP contribution in [0.4, 0.5) is 5.69 Å². The number of hydrogen-bond acceptors (Lipinski definition) is 3. The molecule has 2 aromatic carbocycles. The fourth-order valence-electron chi connectivity index (χ4n) is 2.54. The smallest absolute Gasteiger partial charge is 0.266 e. The van der Waals surface area contributed by atoms with Gasteiger partial charge in [-0.1, -0.05) is 35.3 Å². The number of hydrogen-bond donors (Lipinski definition) is 0. The van der Waals surface area contributed by atoms with Crippen LogP contribution in [-0.2, 0) is 4.79 Å². The summed E-state index contributed by atoms with van der Waals surface area (Å²) in [6, 6.07) is 10.9. The molecule has 0 radical (unpaired) electrons. The Morgan fingerprint density at radius 3 is 2.54 bits per heavy atom. The minimum absolute atomic E-state index is 0.101. The second-order valence-corrected chi connectivity index (χ2v) is 6.18. The van der Waals surface area contributed by atoms with Gasteiger partial charge in [0.1, 0.15) is 6.54 Å². The van der Waals surface area contributed by atoms with Crippen molar-refractivity contribution in [3.05, 3.63) is 63.6 Å². The van der Waals surface area contributed by atoms with Gasteiger partial charge in [0.2, 0.25) is 0 Å². The van der Waals surface area contributed by atoms with Crippen molar-refractivity contribution in [2.24, 2.45) is 0 Å². The number of nitrogens with zero attached hydrogens (tertiary/aromatic N) is 2. The third kappa shape index (κ3) is 2.77. The minimum Gasteiger partial charge on any atom is -0.332 e. The van der Waals surface area contributed by atoms with E-state index in [2.05, 4.69) is 0 Å². The Morgan fingerprint density at radius 1 is 1.08 bits per heavy atom. The fraction of sp³-hybridized carbons (Fsp3) is 0.118. The number of anilines is 1. The van der Waals surface area contributed by atoms with Gasteiger partial charge in [-0.25, -0.2) is 4.90 Å². The van der Waals surface area contributed by atoms with Crippen LogP contribution in [0.2, 0.25) is 10.0 Å². The van der Waals surface area contributed by atoms with Gasteiger partial charge in [0.05, 0.1) is 21.8 Å². The molecule has 2 aromatic rings. The number of amides is 3. The Bertz CT molecular complexity index is 867. The number of carbonyl (C=O) groups is 3. The lowest BCUT2D eigenvalue weighted by Crippen LogP contribution is -2.41. The highest BCUT2D eigenvalue weighted by Gasteiger charge is 2.34. The van der Waals surface area contributed by atoms with Gasteiger partial charge in [-0.3, -0.25) is 14.4 Å². The highest BCUT2D eigenvalue weighted by atomic mass is 35.5. The van der Waals surface area contributed by atoms with Crippen LogP contribution in [0, 0.1) is 0 Å². The highest BCUT2D eigenvalue weighted by molar-refractivity contribution is 6.38. The zero-order valence-corrected chi connectivity index (χ0v) is 14.1. The lowest BCUT2D eigenvalue weighted by molar-refractivity contribution is -0.118. The summed E-state index contributed by atoms with van der Waals surface area (Å²) in [6.45, 7) is -0.211. The van der Waals surface area contributed by atoms with Gasteiger partial charge in [0, 0.05) is 12.1 Å². The molecule has 0 saturated carbocycles. The molecular weight excluding hydrogens is 351 g/mol. The molecule has 24 heavy (non-hydrogen) atoms. The lowest BCUT2D eigenvalue weighted by atomic mass is 10.1. The molecule has 0 unspecified atom stereocenters. The number of imide groups is 1. The summed E-state index contributed by atoms with van der Waals surface area (Å²) in [5, 5.41) is 0.505. The lowest BCUT2D eigenvalue weighted by Gasteiger charge is -2.21. The Balaban J connectivity index is 2.17. The molecule has 1 heterocycles. The molecule has 0 aromatic heterocycles. The van der Waals surface area contributed by atoms with Gasteiger partial charge in [0.25, 0.3) is 17.7 Å². The summed E-state index contributed by atoms with van der Waals surface area (Å²) >= 11 is 12.0. The van der Waals surface area contributed by atoms with Crippen LogP contribution in [0.5, 0.6) is 0 Å². The van der Waals surface area contributed by atoms with Crippen LogP contribution in [-0.4, -0.2) is 36.2 Å². The molecule has 122 valence electrons. The van der Waals surface area contributed by atoms with Crippen molar-refractivity contribution in [2.75, 3.05) is 18.5 Å². The fourth-order valence-corrected chi connectivity index (χ4v) is 2.91. The number of benzene rings is 2. The van der Waals surface area contributed by atoms with Crippen molar-refractivity contribution in [1.82, 2.24) is 4.90 Å². The van der Waals surface area contributed by atoms with Crippen molar-refractivity contribution in [3.8, 4) is 0 Å². The van der Waals surface area contributed by atoms with E-state index >= 15 is 0 Å². The average molecular weight is 363 g/mol. The monoisotopic (exact) mass is 362 g/mol. The van der Waals surface area contributed by atoms with E-state index in [9.17, 15) is 14.4 Å². The number of rotatable bonds is 1. The molecular formula is C17H12Cl2N2O3. The van der Waals surface area contributed by atoms with Gasteiger partial charge in [-0.2, -0.15) is 0 Å². The summed E-state index contributed by atoms with van der Waals surface area (Å²) in [4.78, 5) is 40.2. The van der Waals surface area contributed by atoms with E-state index in [1.807, 2.05) is 0 Å². The predicted octanol–water partition coefficient (Wildman–Crippen LogP) is 3.25. The summed E-state index contributed by atoms with van der Waals surface area (Å²) in [7, 11) is 1.51. The van der Waals surface area contributed by atoms with Crippen molar-refractivity contribution >= 4 is 46.6 Å². The van der Waals surface area contributed by atoms with Crippen LogP contribution in [0.3, 0.4) is 0 Å². The van der Waals surface area contributed by atoms with Crippen LogP contribution < -0.4 is 4.90 Å². The van der Waals surface area contributed by atoms with E-state index in [1.54, 1.807) is 30.3 Å². The Labute approximate surface area is 148 Å². The molecule has 3 rings (SSSR count). The van der Waals surface area contributed by atoms with Gasteiger partial charge in [0.15, 0.2) is 0 Å². The van der Waals surface area contributed by atoms with E-state index in [0.29, 0.717) is 5.02 Å². The normalized spacial score (nSPS) is 14.5. The van der Waals surface area contributed by atoms with E-state index < -0.39 is 11.8 Å². The zero-order chi connectivity index (χ0) is 17.4. The van der Waals surface area contributed by atoms with E-state index in [1.165, 1.54) is 24.1 Å². The minimum atomic E-state index is -0.622. The molecule has 0 fully saturated rings. The molecule has 0 atom stereocenters. The number of fused-ring (bicyclic) bond motifs is 1. The maximum absolute atomic E-state index is 12.9. The first-order valence-electron chi connectivity index (χ1n) is 7.07. The molecule has 7 heteroatoms. The van der Waals surface area contributed by atoms with Gasteiger partial charge in [-0.05, 0) is 30.3 Å². The second-order valence-electron chi connectivity index (χ2n) is 5.34. The zero-order valence-electron chi connectivity index (χ0n) is 12.6. The van der Waals surface area contributed by atoms with Crippen molar-refractivity contribution in [3.63, 3.8) is 0 Å². The summed E-state index contributed by atoms with van der Waals surface area (Å²) in [5.41, 5.74) is 0.611. The third-order valence-corrected chi connectivity index (χ3v) is 4.27. The summed E-state index contributed by atoms with van der Waals surface area (Å²) < 4.78 is 0. The largest absolute Gasteiger partial charge is 0.332 e. The maximum Gasteiger partial charge on any atom is 0.266 e. The molecule has 0 aliphatic carbocycles. The average Bonchev–Trinajstić information content (AvgIpc) is 2.65. The Kier molecular flexibility index (Phi) is 4.30. The SMILES string of the molecule is CN1CC(=O)N(C(=O)c2cc(Cl)ccc2Cl)c2ccccc2C1=O. The van der Waals surface area contributed by atoms with Gasteiger partial charge >= 0.3 is 0 Å². The van der Waals surface area contributed by atoms with Crippen LogP contribution in [0.25, 0.3) is 0 Å². The quantitative estimate of drug-likeness (QED) is 0.731. The van der Waals surface area contributed by atoms with Crippen molar-refractivity contribution < 1.29 is 14.4 Å². The Morgan fingerprint density at radius 2 is 1.79 bits per heavy atom. The van der Waals surface area contributed by atoms with E-state index in [4.69, 9.17) is 23.2 Å². The number of para-hydroxylation sites is 1. The van der Waals surface area contributed by atoms with Gasteiger partial charge in [-0.15, -0.1) is 0 Å². The first kappa shape index (κ1) is 16.5. The van der Waals surface area contributed by atoms with Gasteiger partial charge < -0.3 is 4.90 Å². The summed E-state index contributed by atoms with van der Waals surface area (Å²) in [6.07, 6.45) is 0. The number of carbonyl (C=O) groups excluding carboxylic acids is 3. The Hall–Kier alpha value is -2.37. The predicted molar refractivity (Wildman–Crippen MR) is 91.7 cm³/mol. The highest BCUT2D eigenvalue weighted by Crippen LogP contribution is 2.29. The van der Waals surface area contributed by atoms with Crippen molar-refractivity contribution in [1.29, 1.82) is 0 Å². The molecule has 0 saturated heterocycles. The third-order valence-electron chi connectivity index (χ3n) is 3.71. The molecule has 1 aliphatic heterocycles. The molecule has 3 amide bonds. The number of halogens is 2. The van der Waals surface area contributed by atoms with Crippen LogP contribution in [0.1, 0.15) is 20.7 Å². The van der Waals surface area contributed by atoms with Crippen molar-refractivity contribution in [2.45, 2.75) is 0 Å². The first-order chi connectivity index (χ1) is 11.4. The maximum atomic E-state index is 12.9.